The van der Waals surface area contributed by atoms with E-state index in [-0.39, 0.29) is 0 Å². The van der Waals surface area contributed by atoms with Gasteiger partial charge in [0.15, 0.2) is 0 Å². The number of benzene rings is 2. The molecular formula is C20H22O2. The molecule has 0 amide bonds. The van der Waals surface area contributed by atoms with Crippen LogP contribution in [0.5, 0.6) is 5.75 Å². The summed E-state index contributed by atoms with van der Waals surface area (Å²) in [4.78, 5) is 0. The molecule has 0 radical (unpaired) electrons. The van der Waals surface area contributed by atoms with E-state index < -0.39 is 5.60 Å². The number of fused-ring (bicyclic) bond motifs is 1. The number of hydrogen-bond donors (Lipinski definition) is 2. The normalized spacial score (nSPS) is 39.5. The van der Waals surface area contributed by atoms with E-state index in [0.717, 1.165) is 28.2 Å². The Balaban J connectivity index is 1.62. The maximum Gasteiger partial charge on any atom is 0.116 e. The molecule has 4 fully saturated rings. The zero-order chi connectivity index (χ0) is 14.9. The summed E-state index contributed by atoms with van der Waals surface area (Å²) in [6, 6.07) is 11.8. The van der Waals surface area contributed by atoms with Gasteiger partial charge in [-0.05, 0) is 90.3 Å². The molecule has 2 aromatic rings. The molecule has 4 aliphatic carbocycles. The number of hydrogen-bond acceptors (Lipinski definition) is 2. The first-order valence-corrected chi connectivity index (χ1v) is 8.58. The Morgan fingerprint density at radius 2 is 1.36 bits per heavy atom. The summed E-state index contributed by atoms with van der Waals surface area (Å²) < 4.78 is 0. The molecule has 2 nitrogen and oxygen atoms in total. The van der Waals surface area contributed by atoms with Crippen LogP contribution in [0, 0.1) is 23.7 Å². The topological polar surface area (TPSA) is 40.5 Å². The molecule has 4 saturated carbocycles. The van der Waals surface area contributed by atoms with Gasteiger partial charge in [-0.3, -0.25) is 0 Å². The Kier molecular flexibility index (Phi) is 2.51. The largest absolute Gasteiger partial charge is 0.508 e. The summed E-state index contributed by atoms with van der Waals surface area (Å²) in [7, 11) is 0. The molecule has 0 atom stereocenters. The van der Waals surface area contributed by atoms with Gasteiger partial charge < -0.3 is 10.2 Å². The van der Waals surface area contributed by atoms with Crippen molar-refractivity contribution in [2.75, 3.05) is 0 Å². The van der Waals surface area contributed by atoms with E-state index in [1.807, 2.05) is 12.1 Å². The fourth-order valence-corrected chi connectivity index (χ4v) is 5.86. The molecule has 0 aromatic heterocycles. The van der Waals surface area contributed by atoms with Crippen LogP contribution in [0.1, 0.15) is 37.7 Å². The van der Waals surface area contributed by atoms with Crippen molar-refractivity contribution in [1.82, 2.24) is 0 Å². The minimum Gasteiger partial charge on any atom is -0.508 e. The minimum absolute atomic E-state index is 0.300. The van der Waals surface area contributed by atoms with Gasteiger partial charge in [0.05, 0.1) is 5.60 Å². The third-order valence-electron chi connectivity index (χ3n) is 6.67. The molecule has 0 saturated heterocycles. The lowest BCUT2D eigenvalue weighted by Gasteiger charge is -2.59. The van der Waals surface area contributed by atoms with E-state index in [1.54, 1.807) is 12.1 Å². The van der Waals surface area contributed by atoms with Gasteiger partial charge in [0.2, 0.25) is 0 Å². The molecule has 6 rings (SSSR count). The molecule has 0 spiro atoms. The smallest absolute Gasteiger partial charge is 0.116 e. The average molecular weight is 294 g/mol. The van der Waals surface area contributed by atoms with Crippen LogP contribution < -0.4 is 0 Å². The highest BCUT2D eigenvalue weighted by Gasteiger charge is 2.57. The highest BCUT2D eigenvalue weighted by molar-refractivity contribution is 5.84. The number of aromatic hydroxyl groups is 1. The quantitative estimate of drug-likeness (QED) is 0.828. The lowest BCUT2D eigenvalue weighted by atomic mass is 9.48. The summed E-state index contributed by atoms with van der Waals surface area (Å²) in [5.41, 5.74) is 0.471. The molecule has 4 aliphatic rings. The fraction of sp³-hybridized carbons (Fsp3) is 0.500. The van der Waals surface area contributed by atoms with E-state index in [2.05, 4.69) is 12.1 Å². The number of rotatable bonds is 1. The van der Waals surface area contributed by atoms with E-state index in [0.29, 0.717) is 17.6 Å². The molecule has 2 N–H and O–H groups in total. The molecule has 0 aliphatic heterocycles. The van der Waals surface area contributed by atoms with E-state index in [4.69, 9.17) is 0 Å². The molecule has 2 aromatic carbocycles. The van der Waals surface area contributed by atoms with Gasteiger partial charge in [0.25, 0.3) is 0 Å². The van der Waals surface area contributed by atoms with Gasteiger partial charge in [0, 0.05) is 0 Å². The van der Waals surface area contributed by atoms with Crippen LogP contribution in [-0.4, -0.2) is 10.2 Å². The minimum atomic E-state index is -0.625. The Hall–Kier alpha value is -1.54. The second-order valence-corrected chi connectivity index (χ2v) is 7.88. The molecular weight excluding hydrogens is 272 g/mol. The summed E-state index contributed by atoms with van der Waals surface area (Å²) in [5, 5.41) is 23.4. The van der Waals surface area contributed by atoms with Crippen LogP contribution in [-0.2, 0) is 5.60 Å². The maximum absolute atomic E-state index is 11.6. The van der Waals surface area contributed by atoms with Crippen molar-refractivity contribution in [1.29, 1.82) is 0 Å². The van der Waals surface area contributed by atoms with Crippen molar-refractivity contribution in [2.45, 2.75) is 37.7 Å². The fourth-order valence-electron chi connectivity index (χ4n) is 5.86. The Labute approximate surface area is 130 Å². The highest BCUT2D eigenvalue weighted by atomic mass is 16.3. The molecule has 114 valence electrons. The number of phenolic OH excluding ortho intramolecular Hbond substituents is 1. The second-order valence-electron chi connectivity index (χ2n) is 7.88. The second kappa shape index (κ2) is 4.26. The summed E-state index contributed by atoms with van der Waals surface area (Å²) in [6.45, 7) is 0. The molecule has 0 unspecified atom stereocenters. The Morgan fingerprint density at radius 1 is 0.773 bits per heavy atom. The van der Waals surface area contributed by atoms with Crippen LogP contribution in [0.3, 0.4) is 0 Å². The third kappa shape index (κ3) is 1.65. The van der Waals surface area contributed by atoms with Crippen LogP contribution in [0.4, 0.5) is 0 Å². The van der Waals surface area contributed by atoms with E-state index >= 15 is 0 Å². The molecule has 4 bridgehead atoms. The first kappa shape index (κ1) is 13.0. The third-order valence-corrected chi connectivity index (χ3v) is 6.67. The highest BCUT2D eigenvalue weighted by Crippen LogP contribution is 2.61. The van der Waals surface area contributed by atoms with Gasteiger partial charge in [-0.25, -0.2) is 0 Å². The summed E-state index contributed by atoms with van der Waals surface area (Å²) in [5.74, 6) is 2.91. The SMILES string of the molecule is Oc1ccc2cc(C3(O)C4CC5CC(C4)CC3C5)ccc2c1. The van der Waals surface area contributed by atoms with E-state index in [1.165, 1.54) is 32.1 Å². The molecule has 2 heteroatoms. The van der Waals surface area contributed by atoms with Crippen LogP contribution in [0.15, 0.2) is 36.4 Å². The molecule has 0 heterocycles. The average Bonchev–Trinajstić information content (AvgIpc) is 2.51. The van der Waals surface area contributed by atoms with E-state index in [9.17, 15) is 10.2 Å². The zero-order valence-electron chi connectivity index (χ0n) is 12.7. The van der Waals surface area contributed by atoms with Crippen molar-refractivity contribution in [3.05, 3.63) is 42.0 Å². The molecule has 22 heavy (non-hydrogen) atoms. The Bertz CT molecular complexity index is 720. The van der Waals surface area contributed by atoms with Crippen molar-refractivity contribution in [3.63, 3.8) is 0 Å². The number of aliphatic hydroxyl groups is 1. The first-order valence-electron chi connectivity index (χ1n) is 8.58. The van der Waals surface area contributed by atoms with Crippen molar-refractivity contribution in [3.8, 4) is 5.75 Å². The predicted molar refractivity (Wildman–Crippen MR) is 86.6 cm³/mol. The monoisotopic (exact) mass is 294 g/mol. The van der Waals surface area contributed by atoms with Crippen molar-refractivity contribution < 1.29 is 10.2 Å². The van der Waals surface area contributed by atoms with Gasteiger partial charge >= 0.3 is 0 Å². The van der Waals surface area contributed by atoms with Crippen molar-refractivity contribution in [2.24, 2.45) is 23.7 Å². The zero-order valence-corrected chi connectivity index (χ0v) is 12.7. The summed E-state index contributed by atoms with van der Waals surface area (Å²) in [6.07, 6.45) is 6.22. The first-order chi connectivity index (χ1) is 10.6. The summed E-state index contributed by atoms with van der Waals surface area (Å²) >= 11 is 0. The standard InChI is InChI=1S/C20H22O2/c21-19-4-2-14-10-16(3-1-15(14)11-19)20(22)17-6-12-5-13(8-17)9-18(20)7-12/h1-4,10-13,17-18,21-22H,5-9H2. The van der Waals surface area contributed by atoms with Crippen LogP contribution in [0.2, 0.25) is 0 Å². The predicted octanol–water partition coefficient (Wildman–Crippen LogP) is 4.19. The van der Waals surface area contributed by atoms with Gasteiger partial charge in [-0.15, -0.1) is 0 Å². The Morgan fingerprint density at radius 3 is 2.05 bits per heavy atom. The van der Waals surface area contributed by atoms with Crippen LogP contribution >= 0.6 is 0 Å². The number of phenols is 1. The van der Waals surface area contributed by atoms with Gasteiger partial charge in [-0.1, -0.05) is 18.2 Å². The lowest BCUT2D eigenvalue weighted by Crippen LogP contribution is -2.55. The van der Waals surface area contributed by atoms with Gasteiger partial charge in [-0.2, -0.15) is 0 Å². The van der Waals surface area contributed by atoms with Gasteiger partial charge in [0.1, 0.15) is 5.75 Å². The maximum atomic E-state index is 11.6. The lowest BCUT2D eigenvalue weighted by molar-refractivity contribution is -0.179. The van der Waals surface area contributed by atoms with Crippen molar-refractivity contribution >= 4 is 10.8 Å². The van der Waals surface area contributed by atoms with Crippen LogP contribution in [0.25, 0.3) is 10.8 Å².